The van der Waals surface area contributed by atoms with Crippen molar-refractivity contribution < 1.29 is 9.47 Å². The minimum Gasteiger partial charge on any atom is -0.486 e. The monoisotopic (exact) mass is 260 g/mol. The van der Waals surface area contributed by atoms with Gasteiger partial charge in [0.2, 0.25) is 0 Å². The number of fused-ring (bicyclic) bond motifs is 1. The molecule has 2 aromatic rings. The molecule has 0 saturated carbocycles. The van der Waals surface area contributed by atoms with Crippen molar-refractivity contribution in [2.75, 3.05) is 13.2 Å². The summed E-state index contributed by atoms with van der Waals surface area (Å²) < 4.78 is 11.6. The molecule has 0 bridgehead atoms. The number of aromatic nitrogens is 2. The topological polar surface area (TPSA) is 47.1 Å². The van der Waals surface area contributed by atoms with Crippen LogP contribution in [-0.4, -0.2) is 23.2 Å². The Labute approximate surface area is 110 Å². The van der Waals surface area contributed by atoms with Crippen molar-refractivity contribution in [1.29, 1.82) is 0 Å². The number of hydrogen-bond acceptors (Lipinski definition) is 4. The van der Waals surface area contributed by atoms with Crippen LogP contribution >= 0.6 is 12.2 Å². The Morgan fingerprint density at radius 3 is 2.72 bits per heavy atom. The second-order valence-electron chi connectivity index (χ2n) is 4.08. The van der Waals surface area contributed by atoms with Gasteiger partial charge in [0.05, 0.1) is 0 Å². The van der Waals surface area contributed by atoms with Crippen LogP contribution in [-0.2, 0) is 0 Å². The zero-order valence-corrected chi connectivity index (χ0v) is 10.7. The normalized spacial score (nSPS) is 13.4. The van der Waals surface area contributed by atoms with E-state index >= 15 is 0 Å². The van der Waals surface area contributed by atoms with Gasteiger partial charge >= 0.3 is 0 Å². The Morgan fingerprint density at radius 1 is 1.17 bits per heavy atom. The van der Waals surface area contributed by atoms with Crippen LogP contribution in [0.4, 0.5) is 0 Å². The van der Waals surface area contributed by atoms with Gasteiger partial charge in [0, 0.05) is 11.3 Å². The predicted octanol–water partition coefficient (Wildman–Crippen LogP) is 2.89. The number of nitrogens with one attached hydrogen (secondary N) is 1. The molecule has 1 N–H and O–H groups in total. The van der Waals surface area contributed by atoms with E-state index in [2.05, 4.69) is 9.97 Å². The Kier molecular flexibility index (Phi) is 2.76. The van der Waals surface area contributed by atoms with Gasteiger partial charge in [0.25, 0.3) is 0 Å². The molecule has 1 aliphatic rings. The van der Waals surface area contributed by atoms with Crippen molar-refractivity contribution in [3.05, 3.63) is 34.7 Å². The van der Waals surface area contributed by atoms with Gasteiger partial charge in [-0.3, -0.25) is 0 Å². The molecule has 1 aliphatic heterocycles. The molecule has 1 aromatic heterocycles. The molecular formula is C13H12N2O2S. The molecule has 0 radical (unpaired) electrons. The van der Waals surface area contributed by atoms with Gasteiger partial charge < -0.3 is 14.5 Å². The summed E-state index contributed by atoms with van der Waals surface area (Å²) in [4.78, 5) is 7.35. The Bertz CT molecular complexity index is 652. The summed E-state index contributed by atoms with van der Waals surface area (Å²) in [6.07, 6.45) is 0. The number of hydrogen-bond donors (Lipinski definition) is 1. The average Bonchev–Trinajstić information content (AvgIpc) is 2.37. The zero-order valence-electron chi connectivity index (χ0n) is 9.90. The maximum absolute atomic E-state index is 5.57. The van der Waals surface area contributed by atoms with Crippen molar-refractivity contribution in [1.82, 2.24) is 9.97 Å². The number of H-pyrrole nitrogens is 1. The van der Waals surface area contributed by atoms with E-state index < -0.39 is 0 Å². The molecular weight excluding hydrogens is 248 g/mol. The zero-order chi connectivity index (χ0) is 12.5. The molecule has 0 amide bonds. The minimum absolute atomic E-state index is 0.580. The molecule has 3 rings (SSSR count). The molecule has 4 nitrogen and oxygen atoms in total. The molecule has 0 spiro atoms. The summed E-state index contributed by atoms with van der Waals surface area (Å²) in [7, 11) is 0. The van der Waals surface area contributed by atoms with E-state index in [0.717, 1.165) is 28.6 Å². The van der Waals surface area contributed by atoms with E-state index in [4.69, 9.17) is 21.7 Å². The molecule has 2 heterocycles. The van der Waals surface area contributed by atoms with Crippen LogP contribution in [0.15, 0.2) is 24.3 Å². The number of benzene rings is 1. The van der Waals surface area contributed by atoms with Crippen LogP contribution in [0.25, 0.3) is 11.3 Å². The van der Waals surface area contributed by atoms with Crippen molar-refractivity contribution in [3.8, 4) is 22.8 Å². The fraction of sp³-hybridized carbons (Fsp3) is 0.231. The van der Waals surface area contributed by atoms with Crippen LogP contribution in [0.5, 0.6) is 11.5 Å². The average molecular weight is 260 g/mol. The number of aromatic amines is 1. The van der Waals surface area contributed by atoms with Crippen molar-refractivity contribution in [3.63, 3.8) is 0 Å². The molecule has 5 heteroatoms. The highest BCUT2D eigenvalue weighted by Gasteiger charge is 2.12. The molecule has 0 fully saturated rings. The van der Waals surface area contributed by atoms with Gasteiger partial charge in [0.15, 0.2) is 11.5 Å². The first kappa shape index (κ1) is 11.2. The first-order chi connectivity index (χ1) is 8.72. The van der Waals surface area contributed by atoms with Crippen LogP contribution < -0.4 is 9.47 Å². The summed E-state index contributed by atoms with van der Waals surface area (Å²) in [6, 6.07) is 7.69. The van der Waals surface area contributed by atoms with Gasteiger partial charge in [-0.15, -0.1) is 0 Å². The van der Waals surface area contributed by atoms with Crippen LogP contribution in [0.2, 0.25) is 0 Å². The number of aryl methyl sites for hydroxylation is 1. The van der Waals surface area contributed by atoms with Gasteiger partial charge in [-0.25, -0.2) is 4.98 Å². The highest BCUT2D eigenvalue weighted by atomic mass is 32.1. The van der Waals surface area contributed by atoms with E-state index in [9.17, 15) is 0 Å². The van der Waals surface area contributed by atoms with Crippen LogP contribution in [0, 0.1) is 11.6 Å². The third-order valence-corrected chi connectivity index (χ3v) is 2.92. The van der Waals surface area contributed by atoms with E-state index in [0.29, 0.717) is 17.9 Å². The third kappa shape index (κ3) is 2.09. The van der Waals surface area contributed by atoms with Gasteiger partial charge in [-0.2, -0.15) is 0 Å². The van der Waals surface area contributed by atoms with E-state index in [1.807, 2.05) is 31.2 Å². The molecule has 0 unspecified atom stereocenters. The standard InChI is InChI=1S/C13H12N2O2S/c1-8-14-10(7-13(18)15-8)9-2-3-11-12(6-9)17-5-4-16-11/h2-3,6-7H,4-5H2,1H3,(H,14,15,18). The quantitative estimate of drug-likeness (QED) is 0.801. The summed E-state index contributed by atoms with van der Waals surface area (Å²) in [5.41, 5.74) is 1.94. The van der Waals surface area contributed by atoms with Crippen LogP contribution in [0.1, 0.15) is 5.82 Å². The highest BCUT2D eigenvalue weighted by Crippen LogP contribution is 2.33. The Hall–Kier alpha value is -1.88. The molecule has 0 aliphatic carbocycles. The van der Waals surface area contributed by atoms with E-state index in [1.165, 1.54) is 0 Å². The lowest BCUT2D eigenvalue weighted by atomic mass is 10.1. The smallest absolute Gasteiger partial charge is 0.162 e. The number of nitrogens with zero attached hydrogens (tertiary/aromatic N) is 1. The van der Waals surface area contributed by atoms with Crippen molar-refractivity contribution in [2.45, 2.75) is 6.92 Å². The van der Waals surface area contributed by atoms with Crippen molar-refractivity contribution >= 4 is 12.2 Å². The minimum atomic E-state index is 0.580. The van der Waals surface area contributed by atoms with Gasteiger partial charge in [-0.05, 0) is 31.2 Å². The highest BCUT2D eigenvalue weighted by molar-refractivity contribution is 7.71. The molecule has 1 aromatic carbocycles. The summed E-state index contributed by atoms with van der Waals surface area (Å²) in [5.74, 6) is 2.36. The predicted molar refractivity (Wildman–Crippen MR) is 70.6 cm³/mol. The second-order valence-corrected chi connectivity index (χ2v) is 4.50. The number of rotatable bonds is 1. The maximum atomic E-state index is 5.57. The SMILES string of the molecule is Cc1nc(=S)cc(-c2ccc3c(c2)OCCO3)[nH]1. The largest absolute Gasteiger partial charge is 0.486 e. The fourth-order valence-corrected chi connectivity index (χ4v) is 2.20. The first-order valence-electron chi connectivity index (χ1n) is 5.70. The van der Waals surface area contributed by atoms with Gasteiger partial charge in [-0.1, -0.05) is 12.2 Å². The van der Waals surface area contributed by atoms with E-state index in [-0.39, 0.29) is 0 Å². The summed E-state index contributed by atoms with van der Waals surface area (Å²) in [6.45, 7) is 3.07. The molecule has 0 atom stereocenters. The molecule has 0 saturated heterocycles. The summed E-state index contributed by atoms with van der Waals surface area (Å²) >= 11 is 5.12. The number of ether oxygens (including phenoxy) is 2. The van der Waals surface area contributed by atoms with Gasteiger partial charge in [0.1, 0.15) is 23.7 Å². The molecule has 18 heavy (non-hydrogen) atoms. The van der Waals surface area contributed by atoms with Crippen molar-refractivity contribution in [2.24, 2.45) is 0 Å². The van der Waals surface area contributed by atoms with Crippen LogP contribution in [0.3, 0.4) is 0 Å². The molecule has 92 valence electrons. The lowest BCUT2D eigenvalue weighted by Crippen LogP contribution is -2.15. The summed E-state index contributed by atoms with van der Waals surface area (Å²) in [5, 5.41) is 0. The third-order valence-electron chi connectivity index (χ3n) is 2.71. The first-order valence-corrected chi connectivity index (χ1v) is 6.11. The fourth-order valence-electron chi connectivity index (χ4n) is 1.95. The lowest BCUT2D eigenvalue weighted by molar-refractivity contribution is 0.171. The lowest BCUT2D eigenvalue weighted by Gasteiger charge is -2.18. The Balaban J connectivity index is 2.08. The maximum Gasteiger partial charge on any atom is 0.162 e. The second kappa shape index (κ2) is 4.42. The van der Waals surface area contributed by atoms with E-state index in [1.54, 1.807) is 0 Å². The Morgan fingerprint density at radius 2 is 1.94 bits per heavy atom.